The van der Waals surface area contributed by atoms with Crippen molar-refractivity contribution in [2.75, 3.05) is 13.1 Å². The van der Waals surface area contributed by atoms with Crippen LogP contribution in [0.4, 0.5) is 0 Å². The van der Waals surface area contributed by atoms with E-state index < -0.39 is 0 Å². The smallest absolute Gasteiger partial charge is 0.262 e. The van der Waals surface area contributed by atoms with Gasteiger partial charge in [0.05, 0.1) is 11.7 Å². The first-order chi connectivity index (χ1) is 12.1. The second-order valence-electron chi connectivity index (χ2n) is 7.10. The van der Waals surface area contributed by atoms with Crippen LogP contribution in [-0.4, -0.2) is 39.5 Å². The van der Waals surface area contributed by atoms with Crippen LogP contribution < -0.4 is 11.3 Å². The van der Waals surface area contributed by atoms with Crippen LogP contribution in [-0.2, 0) is 24.2 Å². The third-order valence-electron chi connectivity index (χ3n) is 5.40. The second kappa shape index (κ2) is 8.06. The fourth-order valence-corrected chi connectivity index (χ4v) is 5.08. The van der Waals surface area contributed by atoms with Crippen molar-refractivity contribution in [3.8, 4) is 0 Å². The van der Waals surface area contributed by atoms with Crippen molar-refractivity contribution in [1.29, 1.82) is 0 Å². The lowest BCUT2D eigenvalue weighted by Crippen LogP contribution is -2.43. The minimum absolute atomic E-state index is 0. The summed E-state index contributed by atoms with van der Waals surface area (Å²) in [4.78, 5) is 33.8. The van der Waals surface area contributed by atoms with Gasteiger partial charge in [-0.2, -0.15) is 0 Å². The Bertz CT molecular complexity index is 855. The molecular weight excluding hydrogens is 372 g/mol. The summed E-state index contributed by atoms with van der Waals surface area (Å²) in [7, 11) is 0. The molecule has 6 nitrogen and oxygen atoms in total. The summed E-state index contributed by atoms with van der Waals surface area (Å²) >= 11 is 1.66. The van der Waals surface area contributed by atoms with Gasteiger partial charge >= 0.3 is 0 Å². The van der Waals surface area contributed by atoms with Gasteiger partial charge in [0.2, 0.25) is 5.91 Å². The third-order valence-corrected chi connectivity index (χ3v) is 6.60. The molecule has 4 rings (SSSR count). The number of likely N-dealkylation sites (tertiary alicyclic amines) is 1. The molecule has 0 unspecified atom stereocenters. The van der Waals surface area contributed by atoms with Crippen LogP contribution in [0.5, 0.6) is 0 Å². The summed E-state index contributed by atoms with van der Waals surface area (Å²) in [5.41, 5.74) is 7.10. The molecule has 0 atom stereocenters. The second-order valence-corrected chi connectivity index (χ2v) is 8.19. The molecule has 0 aromatic carbocycles. The standard InChI is InChI=1S/C18H24N4O2S.ClH/c19-12-5-8-21(9-6-12)15(23)7-10-22-11-20-17-16(18(22)24)13-3-1-2-4-14(13)25-17;/h11-12H,1-10,19H2;1H. The van der Waals surface area contributed by atoms with Gasteiger partial charge in [-0.3, -0.25) is 14.2 Å². The molecule has 2 aliphatic rings. The summed E-state index contributed by atoms with van der Waals surface area (Å²) < 4.78 is 1.61. The van der Waals surface area contributed by atoms with Crippen molar-refractivity contribution in [2.24, 2.45) is 5.73 Å². The number of hydrogen-bond donors (Lipinski definition) is 1. The van der Waals surface area contributed by atoms with Gasteiger partial charge in [-0.25, -0.2) is 4.98 Å². The van der Waals surface area contributed by atoms with E-state index >= 15 is 0 Å². The molecule has 2 N–H and O–H groups in total. The van der Waals surface area contributed by atoms with Crippen molar-refractivity contribution < 1.29 is 4.79 Å². The van der Waals surface area contributed by atoms with E-state index in [0.29, 0.717) is 13.0 Å². The maximum Gasteiger partial charge on any atom is 0.262 e. The minimum atomic E-state index is 0. The molecule has 1 fully saturated rings. The average molecular weight is 397 g/mol. The Morgan fingerprint density at radius 1 is 1.27 bits per heavy atom. The molecule has 1 aliphatic heterocycles. The first-order valence-electron chi connectivity index (χ1n) is 9.16. The number of aryl methyl sites for hydroxylation is 3. The highest BCUT2D eigenvalue weighted by atomic mass is 35.5. The van der Waals surface area contributed by atoms with Gasteiger partial charge in [0.25, 0.3) is 5.56 Å². The van der Waals surface area contributed by atoms with E-state index in [1.165, 1.54) is 16.9 Å². The molecule has 0 saturated carbocycles. The lowest BCUT2D eigenvalue weighted by Gasteiger charge is -2.30. The number of fused-ring (bicyclic) bond motifs is 3. The zero-order chi connectivity index (χ0) is 17.4. The van der Waals surface area contributed by atoms with Gasteiger partial charge < -0.3 is 10.6 Å². The number of halogens is 1. The molecule has 142 valence electrons. The van der Waals surface area contributed by atoms with Crippen LogP contribution in [0, 0.1) is 0 Å². The van der Waals surface area contributed by atoms with Gasteiger partial charge in [-0.15, -0.1) is 23.7 Å². The average Bonchev–Trinajstić information content (AvgIpc) is 3.01. The number of thiophene rings is 1. The quantitative estimate of drug-likeness (QED) is 0.861. The molecule has 2 aromatic rings. The zero-order valence-electron chi connectivity index (χ0n) is 14.8. The van der Waals surface area contributed by atoms with Crippen molar-refractivity contribution in [3.63, 3.8) is 0 Å². The zero-order valence-corrected chi connectivity index (χ0v) is 16.4. The summed E-state index contributed by atoms with van der Waals surface area (Å²) in [6.07, 6.45) is 8.04. The van der Waals surface area contributed by atoms with E-state index in [9.17, 15) is 9.59 Å². The Morgan fingerprint density at radius 3 is 2.77 bits per heavy atom. The largest absolute Gasteiger partial charge is 0.343 e. The van der Waals surface area contributed by atoms with Gasteiger partial charge in [-0.1, -0.05) is 0 Å². The Hall–Kier alpha value is -1.44. The third kappa shape index (κ3) is 3.66. The van der Waals surface area contributed by atoms with E-state index in [0.717, 1.165) is 55.4 Å². The van der Waals surface area contributed by atoms with E-state index in [1.54, 1.807) is 22.2 Å². The van der Waals surface area contributed by atoms with Crippen LogP contribution in [0.3, 0.4) is 0 Å². The molecule has 8 heteroatoms. The van der Waals surface area contributed by atoms with E-state index in [2.05, 4.69) is 4.98 Å². The number of rotatable bonds is 3. The number of hydrogen-bond acceptors (Lipinski definition) is 5. The fourth-order valence-electron chi connectivity index (χ4n) is 3.86. The molecule has 0 bridgehead atoms. The number of amides is 1. The van der Waals surface area contributed by atoms with E-state index in [4.69, 9.17) is 5.73 Å². The number of carbonyl (C=O) groups is 1. The van der Waals surface area contributed by atoms with Crippen molar-refractivity contribution in [1.82, 2.24) is 14.5 Å². The van der Waals surface area contributed by atoms with Crippen LogP contribution in [0.2, 0.25) is 0 Å². The number of piperidine rings is 1. The summed E-state index contributed by atoms with van der Waals surface area (Å²) in [6.45, 7) is 1.85. The number of aromatic nitrogens is 2. The molecule has 1 aliphatic carbocycles. The van der Waals surface area contributed by atoms with Crippen LogP contribution >= 0.6 is 23.7 Å². The lowest BCUT2D eigenvalue weighted by molar-refractivity contribution is -0.132. The minimum Gasteiger partial charge on any atom is -0.343 e. The van der Waals surface area contributed by atoms with Crippen molar-refractivity contribution in [2.45, 2.75) is 57.5 Å². The number of nitrogens with zero attached hydrogens (tertiary/aromatic N) is 3. The molecule has 0 radical (unpaired) electrons. The Labute approximate surface area is 162 Å². The SMILES string of the molecule is Cl.NC1CCN(C(=O)CCn2cnc3sc4c(c3c2=O)CCCC4)CC1. The lowest BCUT2D eigenvalue weighted by atomic mass is 9.97. The molecule has 26 heavy (non-hydrogen) atoms. The summed E-state index contributed by atoms with van der Waals surface area (Å²) in [6, 6.07) is 0.211. The topological polar surface area (TPSA) is 81.2 Å². The van der Waals surface area contributed by atoms with E-state index in [-0.39, 0.29) is 29.9 Å². The van der Waals surface area contributed by atoms with Gasteiger partial charge in [0.15, 0.2) is 0 Å². The molecule has 3 heterocycles. The van der Waals surface area contributed by atoms with Crippen LogP contribution in [0.25, 0.3) is 10.2 Å². The predicted octanol–water partition coefficient (Wildman–Crippen LogP) is 2.10. The molecule has 1 amide bonds. The summed E-state index contributed by atoms with van der Waals surface area (Å²) in [5.74, 6) is 0.103. The normalized spacial score (nSPS) is 17.8. The Balaban J connectivity index is 0.00000196. The molecule has 1 saturated heterocycles. The molecule has 0 spiro atoms. The van der Waals surface area contributed by atoms with Crippen LogP contribution in [0.15, 0.2) is 11.1 Å². The highest BCUT2D eigenvalue weighted by Gasteiger charge is 2.22. The van der Waals surface area contributed by atoms with Crippen LogP contribution in [0.1, 0.15) is 42.5 Å². The van der Waals surface area contributed by atoms with Crippen molar-refractivity contribution >= 4 is 39.9 Å². The highest BCUT2D eigenvalue weighted by Crippen LogP contribution is 2.33. The van der Waals surface area contributed by atoms with Crippen molar-refractivity contribution in [3.05, 3.63) is 27.1 Å². The summed E-state index contributed by atoms with van der Waals surface area (Å²) in [5, 5.41) is 0.790. The highest BCUT2D eigenvalue weighted by molar-refractivity contribution is 7.18. The maximum atomic E-state index is 12.9. The maximum absolute atomic E-state index is 12.9. The first kappa shape index (κ1) is 19.3. The number of carbonyl (C=O) groups excluding carboxylic acids is 1. The monoisotopic (exact) mass is 396 g/mol. The van der Waals surface area contributed by atoms with E-state index in [1.807, 2.05) is 4.90 Å². The van der Waals surface area contributed by atoms with Gasteiger partial charge in [0, 0.05) is 37.0 Å². The van der Waals surface area contributed by atoms with Gasteiger partial charge in [0.1, 0.15) is 4.83 Å². The predicted molar refractivity (Wildman–Crippen MR) is 106 cm³/mol. The Kier molecular flexibility index (Phi) is 5.99. The molecule has 2 aromatic heterocycles. The number of nitrogens with two attached hydrogens (primary N) is 1. The van der Waals surface area contributed by atoms with Gasteiger partial charge in [-0.05, 0) is 44.1 Å². The molecular formula is C18H25ClN4O2S. The fraction of sp³-hybridized carbons (Fsp3) is 0.611. The first-order valence-corrected chi connectivity index (χ1v) is 9.98. The Morgan fingerprint density at radius 2 is 2.00 bits per heavy atom.